The minimum atomic E-state index is -0.694. The summed E-state index contributed by atoms with van der Waals surface area (Å²) in [6.07, 6.45) is 1.09. The zero-order valence-electron chi connectivity index (χ0n) is 14.7. The van der Waals surface area contributed by atoms with E-state index < -0.39 is 11.9 Å². The fraction of sp³-hybridized carbons (Fsp3) is 0.611. The molecule has 0 spiro atoms. The largest absolute Gasteiger partial charge is 0.496 e. The third-order valence-corrected chi connectivity index (χ3v) is 5.63. The number of nitrogens with zero attached hydrogens (tertiary/aromatic N) is 1. The summed E-state index contributed by atoms with van der Waals surface area (Å²) in [7, 11) is 1.63. The molecular formula is C18H23Cl2NO4. The molecule has 2 aliphatic heterocycles. The molecule has 2 heterocycles. The lowest BCUT2D eigenvalue weighted by Gasteiger charge is -2.34. The molecule has 0 unspecified atom stereocenters. The van der Waals surface area contributed by atoms with Gasteiger partial charge < -0.3 is 19.1 Å². The molecule has 0 aliphatic carbocycles. The predicted molar refractivity (Wildman–Crippen MR) is 96.5 cm³/mol. The van der Waals surface area contributed by atoms with Crippen molar-refractivity contribution >= 4 is 29.1 Å². The molecule has 0 saturated carbocycles. The number of piperidine rings is 1. The second-order valence-electron chi connectivity index (χ2n) is 6.89. The number of ether oxygens (including phenoxy) is 3. The summed E-state index contributed by atoms with van der Waals surface area (Å²) in [5, 5.41) is 1.06. The average Bonchev–Trinajstić information content (AvgIpc) is 2.96. The van der Waals surface area contributed by atoms with Gasteiger partial charge in [0.2, 0.25) is 0 Å². The number of hydrogen-bond acceptors (Lipinski definition) is 4. The number of carbonyl (C=O) groups is 1. The number of carbonyl (C=O) groups excluding carboxylic acids is 1. The Labute approximate surface area is 158 Å². The van der Waals surface area contributed by atoms with Crippen LogP contribution in [0.4, 0.5) is 0 Å². The smallest absolute Gasteiger partial charge is 0.254 e. The molecule has 0 radical (unpaired) electrons. The van der Waals surface area contributed by atoms with Crippen LogP contribution >= 0.6 is 23.2 Å². The topological polar surface area (TPSA) is 48.0 Å². The maximum Gasteiger partial charge on any atom is 0.254 e. The summed E-state index contributed by atoms with van der Waals surface area (Å²) in [5.74, 6) is 0.254. The van der Waals surface area contributed by atoms with Crippen molar-refractivity contribution < 1.29 is 19.0 Å². The summed E-state index contributed by atoms with van der Waals surface area (Å²) in [6.45, 7) is 5.24. The van der Waals surface area contributed by atoms with Crippen LogP contribution in [0.3, 0.4) is 0 Å². The van der Waals surface area contributed by atoms with Crippen LogP contribution in [-0.2, 0) is 14.3 Å². The van der Waals surface area contributed by atoms with E-state index in [2.05, 4.69) is 0 Å². The third-order valence-electron chi connectivity index (χ3n) is 4.81. The maximum atomic E-state index is 12.6. The zero-order chi connectivity index (χ0) is 18.2. The lowest BCUT2D eigenvalue weighted by Crippen LogP contribution is -2.44. The molecule has 2 aliphatic rings. The Morgan fingerprint density at radius 1 is 1.28 bits per heavy atom. The molecular weight excluding hydrogens is 365 g/mol. The van der Waals surface area contributed by atoms with Gasteiger partial charge in [-0.2, -0.15) is 0 Å². The van der Waals surface area contributed by atoms with Gasteiger partial charge in [0.05, 0.1) is 23.8 Å². The minimum absolute atomic E-state index is 0.00631. The molecule has 1 aromatic carbocycles. The first kappa shape index (κ1) is 18.8. The van der Waals surface area contributed by atoms with Crippen LogP contribution in [0.2, 0.25) is 10.0 Å². The van der Waals surface area contributed by atoms with Gasteiger partial charge in [0, 0.05) is 18.7 Å². The van der Waals surface area contributed by atoms with Crippen molar-refractivity contribution in [3.63, 3.8) is 0 Å². The highest BCUT2D eigenvalue weighted by molar-refractivity contribution is 6.42. The zero-order valence-corrected chi connectivity index (χ0v) is 16.2. The fourth-order valence-corrected chi connectivity index (χ4v) is 3.98. The second kappa shape index (κ2) is 7.31. The van der Waals surface area contributed by atoms with Crippen molar-refractivity contribution in [2.45, 2.75) is 44.5 Å². The maximum absolute atomic E-state index is 12.6. The molecule has 25 heavy (non-hydrogen) atoms. The molecule has 138 valence electrons. The number of methoxy groups -OCH3 is 1. The van der Waals surface area contributed by atoms with Gasteiger partial charge >= 0.3 is 0 Å². The highest BCUT2D eigenvalue weighted by Crippen LogP contribution is 2.42. The van der Waals surface area contributed by atoms with Crippen LogP contribution < -0.4 is 4.74 Å². The SMILES string of the molecule is COc1ccc(Cl)c(Cl)c1C1CCN(C(=O)[C@H]2COC(C)(C)O2)CC1. The Bertz CT molecular complexity index is 657. The van der Waals surface area contributed by atoms with Gasteiger partial charge in [-0.3, -0.25) is 4.79 Å². The minimum Gasteiger partial charge on any atom is -0.496 e. The van der Waals surface area contributed by atoms with E-state index in [9.17, 15) is 4.79 Å². The van der Waals surface area contributed by atoms with Crippen LogP contribution in [0.1, 0.15) is 38.2 Å². The van der Waals surface area contributed by atoms with Crippen molar-refractivity contribution in [2.24, 2.45) is 0 Å². The van der Waals surface area contributed by atoms with E-state index in [1.165, 1.54) is 0 Å². The first-order chi connectivity index (χ1) is 11.8. The van der Waals surface area contributed by atoms with E-state index in [0.717, 1.165) is 24.2 Å². The van der Waals surface area contributed by atoms with Crippen molar-refractivity contribution in [2.75, 3.05) is 26.8 Å². The van der Waals surface area contributed by atoms with E-state index in [1.54, 1.807) is 13.2 Å². The molecule has 3 rings (SSSR count). The normalized spacial score (nSPS) is 23.7. The molecule has 1 aromatic rings. The molecule has 2 fully saturated rings. The van der Waals surface area contributed by atoms with Gasteiger partial charge in [-0.25, -0.2) is 0 Å². The Morgan fingerprint density at radius 2 is 1.96 bits per heavy atom. The number of likely N-dealkylation sites (tertiary alicyclic amines) is 1. The van der Waals surface area contributed by atoms with Crippen LogP contribution in [0, 0.1) is 0 Å². The Balaban J connectivity index is 1.67. The van der Waals surface area contributed by atoms with Crippen molar-refractivity contribution in [1.82, 2.24) is 4.90 Å². The van der Waals surface area contributed by atoms with Gasteiger partial charge in [0.15, 0.2) is 11.9 Å². The van der Waals surface area contributed by atoms with E-state index in [-0.39, 0.29) is 11.8 Å². The van der Waals surface area contributed by atoms with Gasteiger partial charge in [-0.1, -0.05) is 23.2 Å². The number of hydrogen-bond donors (Lipinski definition) is 0. The molecule has 1 atom stereocenters. The molecule has 5 nitrogen and oxygen atoms in total. The summed E-state index contributed by atoms with van der Waals surface area (Å²) < 4.78 is 16.6. The fourth-order valence-electron chi connectivity index (χ4n) is 3.51. The van der Waals surface area contributed by atoms with E-state index in [1.807, 2.05) is 24.8 Å². The van der Waals surface area contributed by atoms with E-state index in [0.29, 0.717) is 29.7 Å². The van der Waals surface area contributed by atoms with E-state index in [4.69, 9.17) is 37.4 Å². The summed E-state index contributed by atoms with van der Waals surface area (Å²) in [5.41, 5.74) is 0.936. The summed E-state index contributed by atoms with van der Waals surface area (Å²) >= 11 is 12.6. The number of amides is 1. The quantitative estimate of drug-likeness (QED) is 0.789. The molecule has 0 aromatic heterocycles. The highest BCUT2D eigenvalue weighted by Gasteiger charge is 2.40. The highest BCUT2D eigenvalue weighted by atomic mass is 35.5. The van der Waals surface area contributed by atoms with Crippen LogP contribution in [-0.4, -0.2) is 49.5 Å². The Hall–Kier alpha value is -1.01. The van der Waals surface area contributed by atoms with E-state index >= 15 is 0 Å². The predicted octanol–water partition coefficient (Wildman–Crippen LogP) is 3.86. The Kier molecular flexibility index (Phi) is 5.49. The molecule has 0 bridgehead atoms. The second-order valence-corrected chi connectivity index (χ2v) is 7.68. The van der Waals surface area contributed by atoms with Gasteiger partial charge in [0.25, 0.3) is 5.91 Å². The first-order valence-corrected chi connectivity index (χ1v) is 9.20. The average molecular weight is 388 g/mol. The molecule has 2 saturated heterocycles. The first-order valence-electron chi connectivity index (χ1n) is 8.45. The van der Waals surface area contributed by atoms with Crippen LogP contribution in [0.15, 0.2) is 12.1 Å². The number of halogens is 2. The van der Waals surface area contributed by atoms with Crippen LogP contribution in [0.25, 0.3) is 0 Å². The van der Waals surface area contributed by atoms with Gasteiger partial charge in [-0.05, 0) is 44.7 Å². The standard InChI is InChI=1S/C18H23Cl2NO4/c1-18(2)24-10-14(25-18)17(22)21-8-6-11(7-9-21)15-13(23-3)5-4-12(19)16(15)20/h4-5,11,14H,6-10H2,1-3H3/t14-/m1/s1. The van der Waals surface area contributed by atoms with Crippen molar-refractivity contribution in [3.8, 4) is 5.75 Å². The molecule has 7 heteroatoms. The van der Waals surface area contributed by atoms with Crippen LogP contribution in [0.5, 0.6) is 5.75 Å². The van der Waals surface area contributed by atoms with Crippen molar-refractivity contribution in [1.29, 1.82) is 0 Å². The summed E-state index contributed by atoms with van der Waals surface area (Å²) in [4.78, 5) is 14.5. The number of benzene rings is 1. The van der Waals surface area contributed by atoms with Gasteiger partial charge in [0.1, 0.15) is 5.75 Å². The number of rotatable bonds is 3. The molecule has 1 amide bonds. The third kappa shape index (κ3) is 3.90. The lowest BCUT2D eigenvalue weighted by atomic mass is 9.88. The van der Waals surface area contributed by atoms with Gasteiger partial charge in [-0.15, -0.1) is 0 Å². The summed E-state index contributed by atoms with van der Waals surface area (Å²) in [6, 6.07) is 3.58. The van der Waals surface area contributed by atoms with Crippen molar-refractivity contribution in [3.05, 3.63) is 27.7 Å². The Morgan fingerprint density at radius 3 is 2.52 bits per heavy atom. The monoisotopic (exact) mass is 387 g/mol. The molecule has 0 N–H and O–H groups in total. The lowest BCUT2D eigenvalue weighted by molar-refractivity contribution is -0.160.